The van der Waals surface area contributed by atoms with Gasteiger partial charge in [-0.3, -0.25) is 5.43 Å². The second-order valence-electron chi connectivity index (χ2n) is 5.96. The molecule has 0 atom stereocenters. The number of halogens is 2. The van der Waals surface area contributed by atoms with Gasteiger partial charge in [0.15, 0.2) is 0 Å². The molecular weight excluding hydrogens is 458 g/mol. The van der Waals surface area contributed by atoms with Crippen LogP contribution in [0.25, 0.3) is 10.2 Å². The molecule has 4 rings (SSSR count). The Labute approximate surface area is 180 Å². The molecule has 3 aromatic carbocycles. The minimum Gasteiger partial charge on any atom is -0.488 e. The molecular formula is C21H15BrClN3OS. The van der Waals surface area contributed by atoms with E-state index in [9.17, 15) is 0 Å². The lowest BCUT2D eigenvalue weighted by atomic mass is 10.2. The highest BCUT2D eigenvalue weighted by Gasteiger charge is 2.04. The summed E-state index contributed by atoms with van der Waals surface area (Å²) in [6.45, 7) is 0.475. The van der Waals surface area contributed by atoms with Gasteiger partial charge in [-0.05, 0) is 69.5 Å². The van der Waals surface area contributed by atoms with Crippen molar-refractivity contribution >= 4 is 60.4 Å². The van der Waals surface area contributed by atoms with E-state index in [1.165, 1.54) is 0 Å². The monoisotopic (exact) mass is 471 g/mol. The first kappa shape index (κ1) is 18.9. The molecule has 0 aliphatic heterocycles. The number of ether oxygens (including phenoxy) is 1. The maximum atomic E-state index is 5.90. The molecule has 0 radical (unpaired) electrons. The van der Waals surface area contributed by atoms with E-state index in [0.717, 1.165) is 36.7 Å². The van der Waals surface area contributed by atoms with Crippen molar-refractivity contribution in [2.75, 3.05) is 5.43 Å². The van der Waals surface area contributed by atoms with E-state index in [0.29, 0.717) is 11.6 Å². The van der Waals surface area contributed by atoms with Crippen LogP contribution in [0.15, 0.2) is 76.3 Å². The summed E-state index contributed by atoms with van der Waals surface area (Å²) in [5.41, 5.74) is 5.96. The molecule has 0 aliphatic carbocycles. The highest BCUT2D eigenvalue weighted by molar-refractivity contribution is 9.10. The minimum atomic E-state index is 0.475. The van der Waals surface area contributed by atoms with Crippen molar-refractivity contribution in [2.24, 2.45) is 5.10 Å². The van der Waals surface area contributed by atoms with Crippen molar-refractivity contribution < 1.29 is 4.74 Å². The molecule has 0 amide bonds. The number of hydrogen-bond acceptors (Lipinski definition) is 5. The van der Waals surface area contributed by atoms with Crippen molar-refractivity contribution in [2.45, 2.75) is 6.61 Å². The highest BCUT2D eigenvalue weighted by atomic mass is 79.9. The Balaban J connectivity index is 1.38. The number of para-hydroxylation sites is 1. The summed E-state index contributed by atoms with van der Waals surface area (Å²) in [7, 11) is 0. The van der Waals surface area contributed by atoms with Crippen molar-refractivity contribution in [1.29, 1.82) is 0 Å². The summed E-state index contributed by atoms with van der Waals surface area (Å²) in [6, 6.07) is 21.4. The number of thiazole rings is 1. The van der Waals surface area contributed by atoms with Crippen LogP contribution in [0.2, 0.25) is 5.02 Å². The Morgan fingerprint density at radius 2 is 1.93 bits per heavy atom. The maximum Gasteiger partial charge on any atom is 0.204 e. The topological polar surface area (TPSA) is 46.5 Å². The maximum absolute atomic E-state index is 5.90. The van der Waals surface area contributed by atoms with Crippen LogP contribution in [0.4, 0.5) is 5.13 Å². The quantitative estimate of drug-likeness (QED) is 0.250. The van der Waals surface area contributed by atoms with E-state index >= 15 is 0 Å². The third-order valence-electron chi connectivity index (χ3n) is 3.93. The van der Waals surface area contributed by atoms with Crippen molar-refractivity contribution in [3.8, 4) is 5.75 Å². The highest BCUT2D eigenvalue weighted by Crippen LogP contribution is 2.27. The molecule has 1 heterocycles. The Morgan fingerprint density at radius 3 is 2.71 bits per heavy atom. The number of benzene rings is 3. The van der Waals surface area contributed by atoms with Gasteiger partial charge in [-0.15, -0.1) is 0 Å². The number of nitrogens with zero attached hydrogens (tertiary/aromatic N) is 2. The number of hydrogen-bond donors (Lipinski definition) is 1. The third kappa shape index (κ3) is 4.70. The SMILES string of the molecule is Clc1ccc(COc2ccc(/C=N\Nc3nc4ccccc4s3)cc2Br)cc1. The van der Waals surface area contributed by atoms with Crippen LogP contribution in [-0.4, -0.2) is 11.2 Å². The minimum absolute atomic E-state index is 0.475. The van der Waals surface area contributed by atoms with Crippen LogP contribution in [-0.2, 0) is 6.61 Å². The Kier molecular flexibility index (Phi) is 5.90. The van der Waals surface area contributed by atoms with E-state index < -0.39 is 0 Å². The Morgan fingerprint density at radius 1 is 1.11 bits per heavy atom. The first-order valence-corrected chi connectivity index (χ1v) is 10.5. The Bertz CT molecular complexity index is 1100. The van der Waals surface area contributed by atoms with E-state index in [2.05, 4.69) is 31.4 Å². The zero-order chi connectivity index (χ0) is 19.3. The van der Waals surface area contributed by atoms with Crippen LogP contribution in [0, 0.1) is 0 Å². The number of aromatic nitrogens is 1. The molecule has 28 heavy (non-hydrogen) atoms. The summed E-state index contributed by atoms with van der Waals surface area (Å²) in [4.78, 5) is 4.49. The number of hydrazone groups is 1. The molecule has 0 aliphatic rings. The fraction of sp³-hybridized carbons (Fsp3) is 0.0476. The van der Waals surface area contributed by atoms with Crippen LogP contribution < -0.4 is 10.2 Å². The fourth-order valence-corrected chi connectivity index (χ4v) is 3.99. The molecule has 4 aromatic rings. The summed E-state index contributed by atoms with van der Waals surface area (Å²) in [6.07, 6.45) is 1.75. The van der Waals surface area contributed by atoms with Gasteiger partial charge in [0.1, 0.15) is 12.4 Å². The second-order valence-corrected chi connectivity index (χ2v) is 8.28. The van der Waals surface area contributed by atoms with Crippen LogP contribution >= 0.6 is 38.9 Å². The van der Waals surface area contributed by atoms with E-state index in [1.807, 2.05) is 66.7 Å². The summed E-state index contributed by atoms with van der Waals surface area (Å²) < 4.78 is 7.86. The van der Waals surface area contributed by atoms with Crippen molar-refractivity contribution in [3.63, 3.8) is 0 Å². The molecule has 0 fully saturated rings. The van der Waals surface area contributed by atoms with Gasteiger partial charge in [-0.1, -0.05) is 47.2 Å². The second kappa shape index (κ2) is 8.73. The summed E-state index contributed by atoms with van der Waals surface area (Å²) >= 11 is 11.0. The number of fused-ring (bicyclic) bond motifs is 1. The zero-order valence-electron chi connectivity index (χ0n) is 14.6. The van der Waals surface area contributed by atoms with Gasteiger partial charge >= 0.3 is 0 Å². The number of anilines is 1. The van der Waals surface area contributed by atoms with Crippen LogP contribution in [0.3, 0.4) is 0 Å². The molecule has 1 N–H and O–H groups in total. The average molecular weight is 473 g/mol. The predicted octanol–water partition coefficient (Wildman–Crippen LogP) is 6.74. The molecule has 0 unspecified atom stereocenters. The van der Waals surface area contributed by atoms with Crippen LogP contribution in [0.5, 0.6) is 5.75 Å². The lowest BCUT2D eigenvalue weighted by molar-refractivity contribution is 0.304. The first-order chi connectivity index (χ1) is 13.7. The van der Waals surface area contributed by atoms with Gasteiger partial charge in [0.05, 0.1) is 20.9 Å². The van der Waals surface area contributed by atoms with Gasteiger partial charge in [0, 0.05) is 5.02 Å². The molecule has 1 aromatic heterocycles. The number of nitrogens with one attached hydrogen (secondary N) is 1. The molecule has 4 nitrogen and oxygen atoms in total. The smallest absolute Gasteiger partial charge is 0.204 e. The van der Waals surface area contributed by atoms with Gasteiger partial charge in [-0.2, -0.15) is 5.10 Å². The van der Waals surface area contributed by atoms with Crippen LogP contribution in [0.1, 0.15) is 11.1 Å². The molecule has 0 saturated carbocycles. The third-order valence-corrected chi connectivity index (χ3v) is 5.74. The normalized spacial score (nSPS) is 11.2. The zero-order valence-corrected chi connectivity index (χ0v) is 17.8. The Hall–Kier alpha value is -2.41. The van der Waals surface area contributed by atoms with E-state index in [1.54, 1.807) is 17.6 Å². The number of rotatable bonds is 6. The van der Waals surface area contributed by atoms with Gasteiger partial charge in [0.2, 0.25) is 5.13 Å². The molecule has 0 bridgehead atoms. The van der Waals surface area contributed by atoms with Gasteiger partial charge < -0.3 is 4.74 Å². The summed E-state index contributed by atoms with van der Waals surface area (Å²) in [5.74, 6) is 0.770. The van der Waals surface area contributed by atoms with Gasteiger partial charge in [0.25, 0.3) is 0 Å². The molecule has 140 valence electrons. The van der Waals surface area contributed by atoms with Crippen molar-refractivity contribution in [3.05, 3.63) is 87.4 Å². The molecule has 7 heteroatoms. The lowest BCUT2D eigenvalue weighted by Gasteiger charge is -2.09. The first-order valence-electron chi connectivity index (χ1n) is 8.49. The van der Waals surface area contributed by atoms with Crippen molar-refractivity contribution in [1.82, 2.24) is 4.98 Å². The standard InChI is InChI=1S/C21H15BrClN3OS/c22-17-11-15(7-10-19(17)27-13-14-5-8-16(23)9-6-14)12-24-26-21-25-18-3-1-2-4-20(18)28-21/h1-12H,13H2,(H,25,26)/b24-12-. The molecule has 0 saturated heterocycles. The van der Waals surface area contributed by atoms with E-state index in [-0.39, 0.29) is 0 Å². The fourth-order valence-electron chi connectivity index (χ4n) is 2.54. The van der Waals surface area contributed by atoms with Gasteiger partial charge in [-0.25, -0.2) is 4.98 Å². The summed E-state index contributed by atoms with van der Waals surface area (Å²) in [5, 5.41) is 5.76. The van der Waals surface area contributed by atoms with E-state index in [4.69, 9.17) is 16.3 Å². The lowest BCUT2D eigenvalue weighted by Crippen LogP contribution is -1.96. The predicted molar refractivity (Wildman–Crippen MR) is 121 cm³/mol. The largest absolute Gasteiger partial charge is 0.488 e. The average Bonchev–Trinajstić information content (AvgIpc) is 3.11. The molecule has 0 spiro atoms.